The number of aryl methyl sites for hydroxylation is 1. The van der Waals surface area contributed by atoms with E-state index in [1.165, 1.54) is 5.69 Å². The largest absolute Gasteiger partial charge is 0.373 e. The number of aromatic nitrogens is 1. The van der Waals surface area contributed by atoms with Gasteiger partial charge in [-0.2, -0.15) is 0 Å². The van der Waals surface area contributed by atoms with Crippen molar-refractivity contribution < 1.29 is 0 Å². The summed E-state index contributed by atoms with van der Waals surface area (Å²) in [6.07, 6.45) is 1.81. The van der Waals surface area contributed by atoms with Crippen LogP contribution in [0.15, 0.2) is 18.3 Å². The Kier molecular flexibility index (Phi) is 3.35. The number of alkyl halides is 1. The first-order valence-corrected chi connectivity index (χ1v) is 4.47. The van der Waals surface area contributed by atoms with E-state index in [0.29, 0.717) is 5.88 Å². The lowest BCUT2D eigenvalue weighted by molar-refractivity contribution is 0.966. The summed E-state index contributed by atoms with van der Waals surface area (Å²) >= 11 is 5.63. The fourth-order valence-electron chi connectivity index (χ4n) is 1.02. The summed E-state index contributed by atoms with van der Waals surface area (Å²) < 4.78 is 0. The minimum atomic E-state index is 0.651. The summed E-state index contributed by atoms with van der Waals surface area (Å²) in [6.45, 7) is 2.85. The van der Waals surface area contributed by atoms with Crippen LogP contribution in [0.25, 0.3) is 0 Å². The maximum Gasteiger partial charge on any atom is 0.0399 e. The molecular weight excluding hydrogens is 172 g/mol. The fraction of sp³-hybridized carbons (Fsp3) is 0.444. The predicted molar refractivity (Wildman–Crippen MR) is 53.0 cm³/mol. The standard InChI is InChI=1S/C9H13ClN2/c1-8-7-9(3-5-11-8)12(2)6-4-10/h3,5,7H,4,6H2,1-2H3. The molecule has 1 aromatic heterocycles. The van der Waals surface area contributed by atoms with Crippen LogP contribution in [0, 0.1) is 6.92 Å². The molecule has 0 fully saturated rings. The van der Waals surface area contributed by atoms with Crippen LogP contribution in [-0.4, -0.2) is 24.5 Å². The Morgan fingerprint density at radius 2 is 2.33 bits per heavy atom. The highest BCUT2D eigenvalue weighted by molar-refractivity contribution is 6.18. The third-order valence-corrected chi connectivity index (χ3v) is 1.91. The zero-order valence-corrected chi connectivity index (χ0v) is 8.17. The van der Waals surface area contributed by atoms with E-state index in [1.807, 2.05) is 32.3 Å². The Balaban J connectivity index is 2.73. The molecule has 0 aliphatic carbocycles. The minimum absolute atomic E-state index is 0.651. The quantitative estimate of drug-likeness (QED) is 0.669. The minimum Gasteiger partial charge on any atom is -0.373 e. The monoisotopic (exact) mass is 184 g/mol. The van der Waals surface area contributed by atoms with Crippen molar-refractivity contribution in [3.63, 3.8) is 0 Å². The Hall–Kier alpha value is -0.760. The third-order valence-electron chi connectivity index (χ3n) is 1.74. The van der Waals surface area contributed by atoms with Crippen LogP contribution in [0.4, 0.5) is 5.69 Å². The number of nitrogens with zero attached hydrogens (tertiary/aromatic N) is 2. The summed E-state index contributed by atoms with van der Waals surface area (Å²) in [5.41, 5.74) is 2.21. The first-order valence-electron chi connectivity index (χ1n) is 3.94. The van der Waals surface area contributed by atoms with Gasteiger partial charge in [0.15, 0.2) is 0 Å². The molecule has 0 unspecified atom stereocenters. The van der Waals surface area contributed by atoms with E-state index in [2.05, 4.69) is 9.88 Å². The van der Waals surface area contributed by atoms with Gasteiger partial charge in [-0.15, -0.1) is 11.6 Å². The summed E-state index contributed by atoms with van der Waals surface area (Å²) in [4.78, 5) is 6.24. The molecule has 1 rings (SSSR count). The lowest BCUT2D eigenvalue weighted by Crippen LogP contribution is -2.19. The predicted octanol–water partition coefficient (Wildman–Crippen LogP) is 2.07. The molecule has 0 saturated heterocycles. The molecular formula is C9H13ClN2. The molecule has 0 amide bonds. The number of hydrogen-bond donors (Lipinski definition) is 0. The average Bonchev–Trinajstić information content (AvgIpc) is 2.05. The van der Waals surface area contributed by atoms with Gasteiger partial charge in [0.2, 0.25) is 0 Å². The number of anilines is 1. The highest BCUT2D eigenvalue weighted by Gasteiger charge is 1.98. The van der Waals surface area contributed by atoms with Gasteiger partial charge in [0, 0.05) is 37.1 Å². The van der Waals surface area contributed by atoms with Gasteiger partial charge in [-0.05, 0) is 19.1 Å². The highest BCUT2D eigenvalue weighted by atomic mass is 35.5. The molecule has 0 aliphatic rings. The van der Waals surface area contributed by atoms with E-state index in [1.54, 1.807) is 0 Å². The number of hydrogen-bond acceptors (Lipinski definition) is 2. The van der Waals surface area contributed by atoms with E-state index in [9.17, 15) is 0 Å². The Labute approximate surface area is 78.2 Å². The van der Waals surface area contributed by atoms with Gasteiger partial charge < -0.3 is 4.90 Å². The van der Waals surface area contributed by atoms with Crippen molar-refractivity contribution in [3.8, 4) is 0 Å². The van der Waals surface area contributed by atoms with E-state index in [0.717, 1.165) is 12.2 Å². The zero-order chi connectivity index (χ0) is 8.97. The van der Waals surface area contributed by atoms with Gasteiger partial charge >= 0.3 is 0 Å². The molecule has 0 spiro atoms. The summed E-state index contributed by atoms with van der Waals surface area (Å²) in [5, 5.41) is 0. The first-order chi connectivity index (χ1) is 5.74. The van der Waals surface area contributed by atoms with Gasteiger partial charge in [-0.25, -0.2) is 0 Å². The smallest absolute Gasteiger partial charge is 0.0399 e. The van der Waals surface area contributed by atoms with Crippen LogP contribution in [0.5, 0.6) is 0 Å². The lowest BCUT2D eigenvalue weighted by atomic mass is 10.3. The van der Waals surface area contributed by atoms with E-state index in [-0.39, 0.29) is 0 Å². The van der Waals surface area contributed by atoms with Crippen molar-refractivity contribution in [1.82, 2.24) is 4.98 Å². The molecule has 0 aromatic carbocycles. The highest BCUT2D eigenvalue weighted by Crippen LogP contribution is 2.11. The number of halogens is 1. The maximum absolute atomic E-state index is 5.63. The number of rotatable bonds is 3. The molecule has 1 aromatic rings. The van der Waals surface area contributed by atoms with Crippen LogP contribution in [0.1, 0.15) is 5.69 Å². The van der Waals surface area contributed by atoms with Gasteiger partial charge in [0.1, 0.15) is 0 Å². The molecule has 0 bridgehead atoms. The van der Waals surface area contributed by atoms with Crippen LogP contribution in [0.3, 0.4) is 0 Å². The molecule has 0 N–H and O–H groups in total. The van der Waals surface area contributed by atoms with Crippen molar-refractivity contribution >= 4 is 17.3 Å². The molecule has 12 heavy (non-hydrogen) atoms. The summed E-state index contributed by atoms with van der Waals surface area (Å²) in [6, 6.07) is 4.03. The maximum atomic E-state index is 5.63. The van der Waals surface area contributed by atoms with Crippen LogP contribution in [-0.2, 0) is 0 Å². The first kappa shape index (κ1) is 9.33. The van der Waals surface area contributed by atoms with Gasteiger partial charge in [-0.3, -0.25) is 4.98 Å². The normalized spacial score (nSPS) is 9.92. The fourth-order valence-corrected chi connectivity index (χ4v) is 1.28. The molecule has 0 saturated carbocycles. The lowest BCUT2D eigenvalue weighted by Gasteiger charge is -2.17. The van der Waals surface area contributed by atoms with E-state index in [4.69, 9.17) is 11.6 Å². The third kappa shape index (κ3) is 2.38. The Bertz CT molecular complexity index is 250. The van der Waals surface area contributed by atoms with Crippen LogP contribution < -0.4 is 4.90 Å². The topological polar surface area (TPSA) is 16.1 Å². The SMILES string of the molecule is Cc1cc(N(C)CCCl)ccn1. The average molecular weight is 185 g/mol. The second kappa shape index (κ2) is 4.31. The zero-order valence-electron chi connectivity index (χ0n) is 7.42. The Morgan fingerprint density at radius 3 is 2.92 bits per heavy atom. The summed E-state index contributed by atoms with van der Waals surface area (Å²) in [5.74, 6) is 0.651. The van der Waals surface area contributed by atoms with Crippen molar-refractivity contribution in [1.29, 1.82) is 0 Å². The van der Waals surface area contributed by atoms with Crippen LogP contribution in [0.2, 0.25) is 0 Å². The molecule has 3 heteroatoms. The number of pyridine rings is 1. The second-order valence-electron chi connectivity index (χ2n) is 2.77. The molecule has 1 heterocycles. The second-order valence-corrected chi connectivity index (χ2v) is 3.14. The van der Waals surface area contributed by atoms with Gasteiger partial charge in [-0.1, -0.05) is 0 Å². The van der Waals surface area contributed by atoms with E-state index >= 15 is 0 Å². The molecule has 0 radical (unpaired) electrons. The Morgan fingerprint density at radius 1 is 1.58 bits per heavy atom. The van der Waals surface area contributed by atoms with Gasteiger partial charge in [0.25, 0.3) is 0 Å². The summed E-state index contributed by atoms with van der Waals surface area (Å²) in [7, 11) is 2.02. The van der Waals surface area contributed by atoms with E-state index < -0.39 is 0 Å². The molecule has 2 nitrogen and oxygen atoms in total. The van der Waals surface area contributed by atoms with Gasteiger partial charge in [0.05, 0.1) is 0 Å². The molecule has 66 valence electrons. The molecule has 0 atom stereocenters. The van der Waals surface area contributed by atoms with Crippen LogP contribution >= 0.6 is 11.6 Å². The van der Waals surface area contributed by atoms with Crippen molar-refractivity contribution in [3.05, 3.63) is 24.0 Å². The van der Waals surface area contributed by atoms with Crippen molar-refractivity contribution in [2.75, 3.05) is 24.4 Å². The molecule has 0 aliphatic heterocycles. The van der Waals surface area contributed by atoms with Crippen molar-refractivity contribution in [2.45, 2.75) is 6.92 Å². The van der Waals surface area contributed by atoms with Crippen molar-refractivity contribution in [2.24, 2.45) is 0 Å².